The van der Waals surface area contributed by atoms with Gasteiger partial charge in [-0.05, 0) is 12.0 Å². The minimum Gasteiger partial charge on any atom is -0.355 e. The lowest BCUT2D eigenvalue weighted by atomic mass is 10.1. The first-order valence-corrected chi connectivity index (χ1v) is 9.80. The lowest BCUT2D eigenvalue weighted by molar-refractivity contribution is -0.132. The number of benzene rings is 1. The van der Waals surface area contributed by atoms with Gasteiger partial charge in [0.15, 0.2) is 0 Å². The molecule has 0 radical (unpaired) electrons. The maximum absolute atomic E-state index is 12.6. The highest BCUT2D eigenvalue weighted by Gasteiger charge is 2.25. The van der Waals surface area contributed by atoms with Crippen LogP contribution in [0.15, 0.2) is 35.4 Å². The summed E-state index contributed by atoms with van der Waals surface area (Å²) in [6.45, 7) is 7.49. The topological polar surface area (TPSA) is 68.2 Å². The zero-order chi connectivity index (χ0) is 19.1. The average Bonchev–Trinajstić information content (AvgIpc) is 3.19. The minimum atomic E-state index is 0.0510. The first-order chi connectivity index (χ1) is 13.2. The van der Waals surface area contributed by atoms with E-state index in [-0.39, 0.29) is 11.8 Å². The number of nitrogens with zero attached hydrogens (tertiary/aromatic N) is 4. The van der Waals surface area contributed by atoms with Gasteiger partial charge in [-0.3, -0.25) is 19.4 Å². The second-order valence-electron chi connectivity index (χ2n) is 7.08. The Hall–Kier alpha value is -2.25. The van der Waals surface area contributed by atoms with Crippen LogP contribution in [0.25, 0.3) is 0 Å². The molecule has 2 aliphatic rings. The highest BCUT2D eigenvalue weighted by Crippen LogP contribution is 2.14. The van der Waals surface area contributed by atoms with Crippen LogP contribution in [0.2, 0.25) is 0 Å². The molecular weight excluding hydrogens is 342 g/mol. The summed E-state index contributed by atoms with van der Waals surface area (Å²) < 4.78 is 0. The number of hydrogen-bond donors (Lipinski definition) is 1. The smallest absolute Gasteiger partial charge is 0.256 e. The van der Waals surface area contributed by atoms with Gasteiger partial charge in [0.25, 0.3) is 5.91 Å². The first-order valence-electron chi connectivity index (χ1n) is 9.80. The van der Waals surface area contributed by atoms with Crippen molar-refractivity contribution in [3.63, 3.8) is 0 Å². The summed E-state index contributed by atoms with van der Waals surface area (Å²) in [5.74, 6) is 0.135. The molecule has 0 bridgehead atoms. The molecule has 3 rings (SSSR count). The predicted molar refractivity (Wildman–Crippen MR) is 105 cm³/mol. The molecule has 2 aliphatic heterocycles. The van der Waals surface area contributed by atoms with E-state index in [9.17, 15) is 9.59 Å². The Labute approximate surface area is 161 Å². The molecule has 0 unspecified atom stereocenters. The van der Waals surface area contributed by atoms with E-state index in [0.29, 0.717) is 19.6 Å². The number of hydrazone groups is 1. The molecule has 146 valence electrons. The van der Waals surface area contributed by atoms with Crippen LogP contribution in [0.5, 0.6) is 0 Å². The van der Waals surface area contributed by atoms with Crippen LogP contribution >= 0.6 is 0 Å². The molecule has 7 heteroatoms. The molecule has 0 aromatic heterocycles. The number of piperazine rings is 1. The van der Waals surface area contributed by atoms with Gasteiger partial charge < -0.3 is 5.32 Å². The van der Waals surface area contributed by atoms with Gasteiger partial charge >= 0.3 is 0 Å². The Kier molecular flexibility index (Phi) is 6.95. The zero-order valence-corrected chi connectivity index (χ0v) is 16.1. The van der Waals surface area contributed by atoms with Crippen molar-refractivity contribution in [3.05, 3.63) is 35.9 Å². The van der Waals surface area contributed by atoms with Crippen LogP contribution in [0.3, 0.4) is 0 Å². The fourth-order valence-corrected chi connectivity index (χ4v) is 3.37. The Morgan fingerprint density at radius 2 is 1.67 bits per heavy atom. The number of carbonyl (C=O) groups excluding carboxylic acids is 2. The van der Waals surface area contributed by atoms with Crippen molar-refractivity contribution in [1.29, 1.82) is 0 Å². The number of rotatable bonds is 7. The summed E-state index contributed by atoms with van der Waals surface area (Å²) in [6, 6.07) is 10.0. The van der Waals surface area contributed by atoms with Crippen LogP contribution in [0.4, 0.5) is 0 Å². The highest BCUT2D eigenvalue weighted by molar-refractivity contribution is 6.02. The second-order valence-corrected chi connectivity index (χ2v) is 7.08. The summed E-state index contributed by atoms with van der Waals surface area (Å²) in [6.07, 6.45) is 1.75. The van der Waals surface area contributed by atoms with Crippen LogP contribution in [0.1, 0.15) is 25.3 Å². The van der Waals surface area contributed by atoms with Crippen molar-refractivity contribution < 1.29 is 9.59 Å². The summed E-state index contributed by atoms with van der Waals surface area (Å²) in [5.41, 5.74) is 2.06. The molecule has 1 aromatic carbocycles. The third-order valence-corrected chi connectivity index (χ3v) is 4.96. The van der Waals surface area contributed by atoms with E-state index in [1.807, 2.05) is 37.3 Å². The van der Waals surface area contributed by atoms with Gasteiger partial charge in [0, 0.05) is 39.1 Å². The molecule has 2 amide bonds. The van der Waals surface area contributed by atoms with Crippen molar-refractivity contribution in [2.75, 3.05) is 52.4 Å². The molecule has 0 spiro atoms. The molecule has 1 N–H and O–H groups in total. The quantitative estimate of drug-likeness (QED) is 0.769. The summed E-state index contributed by atoms with van der Waals surface area (Å²) in [4.78, 5) is 28.7. The molecule has 0 atom stereocenters. The van der Waals surface area contributed by atoms with Crippen LogP contribution < -0.4 is 5.32 Å². The summed E-state index contributed by atoms with van der Waals surface area (Å²) >= 11 is 0. The monoisotopic (exact) mass is 371 g/mol. The molecule has 1 aromatic rings. The van der Waals surface area contributed by atoms with Crippen molar-refractivity contribution in [2.24, 2.45) is 5.10 Å². The SMILES string of the molecule is CCCNC(=O)CN1CCN(CC(=O)N2CCC(c3ccccc3)=N2)CC1. The van der Waals surface area contributed by atoms with Gasteiger partial charge in [-0.1, -0.05) is 37.3 Å². The third-order valence-electron chi connectivity index (χ3n) is 4.96. The predicted octanol–water partition coefficient (Wildman–Crippen LogP) is 0.767. The van der Waals surface area contributed by atoms with Gasteiger partial charge in [-0.15, -0.1) is 0 Å². The molecule has 7 nitrogen and oxygen atoms in total. The Balaban J connectivity index is 1.42. The normalized spacial score (nSPS) is 18.4. The van der Waals surface area contributed by atoms with E-state index in [4.69, 9.17) is 0 Å². The zero-order valence-electron chi connectivity index (χ0n) is 16.1. The maximum Gasteiger partial charge on any atom is 0.256 e. The van der Waals surface area contributed by atoms with Crippen LogP contribution in [0, 0.1) is 0 Å². The van der Waals surface area contributed by atoms with E-state index in [1.165, 1.54) is 0 Å². The highest BCUT2D eigenvalue weighted by atomic mass is 16.2. The minimum absolute atomic E-state index is 0.0510. The van der Waals surface area contributed by atoms with E-state index in [0.717, 1.165) is 56.8 Å². The largest absolute Gasteiger partial charge is 0.355 e. The fourth-order valence-electron chi connectivity index (χ4n) is 3.37. The average molecular weight is 371 g/mol. The third kappa shape index (κ3) is 5.61. The molecule has 2 heterocycles. The van der Waals surface area contributed by atoms with Crippen LogP contribution in [-0.2, 0) is 9.59 Å². The standard InChI is InChI=1S/C20H29N5O2/c1-2-9-21-19(26)15-23-11-13-24(14-12-23)16-20(27)25-10-8-18(22-25)17-6-4-3-5-7-17/h3-7H,2,8-16H2,1H3,(H,21,26). The molecule has 1 saturated heterocycles. The van der Waals surface area contributed by atoms with Gasteiger partial charge in [0.05, 0.1) is 25.3 Å². The number of hydrogen-bond acceptors (Lipinski definition) is 5. The van der Waals surface area contributed by atoms with Gasteiger partial charge in [0.1, 0.15) is 0 Å². The summed E-state index contributed by atoms with van der Waals surface area (Å²) in [7, 11) is 0. The Morgan fingerprint density at radius 1 is 1.00 bits per heavy atom. The molecule has 1 fully saturated rings. The Bertz CT molecular complexity index is 668. The van der Waals surface area contributed by atoms with E-state index < -0.39 is 0 Å². The number of nitrogens with one attached hydrogen (secondary N) is 1. The van der Waals surface area contributed by atoms with Gasteiger partial charge in [-0.25, -0.2) is 5.01 Å². The lowest BCUT2D eigenvalue weighted by Gasteiger charge is -2.34. The number of carbonyl (C=O) groups is 2. The molecule has 0 saturated carbocycles. The second kappa shape index (κ2) is 9.62. The Morgan fingerprint density at radius 3 is 2.33 bits per heavy atom. The van der Waals surface area contributed by atoms with Gasteiger partial charge in [-0.2, -0.15) is 5.10 Å². The molecular formula is C20H29N5O2. The van der Waals surface area contributed by atoms with E-state index >= 15 is 0 Å². The van der Waals surface area contributed by atoms with Crippen molar-refractivity contribution in [1.82, 2.24) is 20.1 Å². The molecule has 0 aliphatic carbocycles. The van der Waals surface area contributed by atoms with Crippen molar-refractivity contribution >= 4 is 17.5 Å². The van der Waals surface area contributed by atoms with Crippen LogP contribution in [-0.4, -0.2) is 84.7 Å². The first kappa shape index (κ1) is 19.5. The molecule has 27 heavy (non-hydrogen) atoms. The fraction of sp³-hybridized carbons (Fsp3) is 0.550. The maximum atomic E-state index is 12.6. The van der Waals surface area contributed by atoms with Gasteiger partial charge in [0.2, 0.25) is 5.91 Å². The van der Waals surface area contributed by atoms with E-state index in [2.05, 4.69) is 20.2 Å². The van der Waals surface area contributed by atoms with Crippen molar-refractivity contribution in [3.8, 4) is 0 Å². The lowest BCUT2D eigenvalue weighted by Crippen LogP contribution is -2.51. The summed E-state index contributed by atoms with van der Waals surface area (Å²) in [5, 5.41) is 9.03. The van der Waals surface area contributed by atoms with E-state index in [1.54, 1.807) is 5.01 Å². The van der Waals surface area contributed by atoms with Crippen molar-refractivity contribution in [2.45, 2.75) is 19.8 Å². The number of amides is 2.